The van der Waals surface area contributed by atoms with E-state index >= 15 is 0 Å². The van der Waals surface area contributed by atoms with E-state index in [1.54, 1.807) is 45.5 Å². The third kappa shape index (κ3) is 6.40. The second kappa shape index (κ2) is 12.9. The SMILES string of the molecule is CN=C1CN(c2nc(-c3cc(OC[C@H](O)CNC)ccc3Cl)nc(C(=NC)C(Cl)=CN)c2C)CC1=CN. The van der Waals surface area contributed by atoms with Crippen molar-refractivity contribution in [1.29, 1.82) is 0 Å². The number of anilines is 1. The first-order chi connectivity index (χ1) is 17.8. The number of aliphatic hydroxyl groups is 1. The number of hydrogen-bond acceptors (Lipinski definition) is 10. The minimum atomic E-state index is -0.666. The lowest BCUT2D eigenvalue weighted by atomic mass is 10.1. The molecule has 0 unspecified atom stereocenters. The summed E-state index contributed by atoms with van der Waals surface area (Å²) in [7, 11) is 5.11. The van der Waals surface area contributed by atoms with Crippen molar-refractivity contribution >= 4 is 40.4 Å². The van der Waals surface area contributed by atoms with Gasteiger partial charge in [0.25, 0.3) is 0 Å². The quantitative estimate of drug-likeness (QED) is 0.350. The second-order valence-electron chi connectivity index (χ2n) is 8.31. The molecule has 37 heavy (non-hydrogen) atoms. The van der Waals surface area contributed by atoms with Gasteiger partial charge in [-0.05, 0) is 32.2 Å². The summed E-state index contributed by atoms with van der Waals surface area (Å²) < 4.78 is 5.78. The number of halogens is 2. The van der Waals surface area contributed by atoms with Crippen molar-refractivity contribution in [3.63, 3.8) is 0 Å². The lowest BCUT2D eigenvalue weighted by molar-refractivity contribution is 0.108. The molecular formula is C25H32Cl2N8O2. The molecule has 198 valence electrons. The maximum Gasteiger partial charge on any atom is 0.163 e. The molecular weight excluding hydrogens is 515 g/mol. The fourth-order valence-corrected chi connectivity index (χ4v) is 4.35. The van der Waals surface area contributed by atoms with E-state index in [-0.39, 0.29) is 11.6 Å². The van der Waals surface area contributed by atoms with Crippen LogP contribution in [-0.4, -0.2) is 80.0 Å². The van der Waals surface area contributed by atoms with Crippen LogP contribution < -0.4 is 26.4 Å². The Hall–Kier alpha value is -3.18. The van der Waals surface area contributed by atoms with Crippen molar-refractivity contribution in [1.82, 2.24) is 15.3 Å². The van der Waals surface area contributed by atoms with Gasteiger partial charge in [-0.15, -0.1) is 0 Å². The number of allylic oxidation sites excluding steroid dienone is 1. The van der Waals surface area contributed by atoms with Gasteiger partial charge in [0, 0.05) is 56.3 Å². The maximum absolute atomic E-state index is 10.0. The van der Waals surface area contributed by atoms with E-state index in [9.17, 15) is 5.11 Å². The zero-order chi connectivity index (χ0) is 27.1. The molecule has 1 saturated heterocycles. The predicted octanol–water partition coefficient (Wildman–Crippen LogP) is 2.26. The molecule has 1 aromatic heterocycles. The average Bonchev–Trinajstić information content (AvgIpc) is 3.33. The molecule has 3 rings (SSSR count). The summed E-state index contributed by atoms with van der Waals surface area (Å²) in [4.78, 5) is 20.5. The molecule has 0 bridgehead atoms. The highest BCUT2D eigenvalue weighted by atomic mass is 35.5. The Labute approximate surface area is 226 Å². The van der Waals surface area contributed by atoms with Crippen LogP contribution in [0.15, 0.2) is 51.2 Å². The molecule has 6 N–H and O–H groups in total. The third-order valence-corrected chi connectivity index (χ3v) is 6.48. The van der Waals surface area contributed by atoms with E-state index in [1.807, 2.05) is 6.92 Å². The first-order valence-electron chi connectivity index (χ1n) is 11.6. The van der Waals surface area contributed by atoms with Crippen LogP contribution in [0.4, 0.5) is 5.82 Å². The molecule has 0 radical (unpaired) electrons. The number of aliphatic hydroxyl groups excluding tert-OH is 1. The number of hydrogen-bond donors (Lipinski definition) is 4. The molecule has 0 spiro atoms. The number of nitrogens with two attached hydrogens (primary N) is 2. The molecule has 2 heterocycles. The van der Waals surface area contributed by atoms with Crippen LogP contribution >= 0.6 is 23.2 Å². The third-order valence-electron chi connectivity index (χ3n) is 5.84. The van der Waals surface area contributed by atoms with Crippen LogP contribution in [0.5, 0.6) is 5.75 Å². The van der Waals surface area contributed by atoms with Crippen molar-refractivity contribution < 1.29 is 9.84 Å². The number of nitrogens with one attached hydrogen (secondary N) is 1. The Kier molecular flexibility index (Phi) is 9.87. The normalized spacial score (nSPS) is 17.6. The second-order valence-corrected chi connectivity index (χ2v) is 9.13. The van der Waals surface area contributed by atoms with E-state index in [4.69, 9.17) is 49.4 Å². The summed E-state index contributed by atoms with van der Waals surface area (Å²) in [6.07, 6.45) is 2.17. The lowest BCUT2D eigenvalue weighted by Gasteiger charge is -2.22. The first kappa shape index (κ1) is 28.4. The highest BCUT2D eigenvalue weighted by Gasteiger charge is 2.28. The van der Waals surface area contributed by atoms with Crippen molar-refractivity contribution in [2.24, 2.45) is 21.5 Å². The summed E-state index contributed by atoms with van der Waals surface area (Å²) in [6.45, 7) is 3.46. The summed E-state index contributed by atoms with van der Waals surface area (Å²) in [5.41, 5.74) is 15.6. The minimum absolute atomic E-state index is 0.109. The van der Waals surface area contributed by atoms with Crippen LogP contribution in [0, 0.1) is 6.92 Å². The van der Waals surface area contributed by atoms with E-state index in [2.05, 4.69) is 20.2 Å². The molecule has 0 saturated carbocycles. The molecule has 2 aromatic rings. The monoisotopic (exact) mass is 546 g/mol. The van der Waals surface area contributed by atoms with Crippen LogP contribution in [0.25, 0.3) is 11.4 Å². The standard InChI is InChI=1S/C25H32Cl2N8O2/c1-14-22(23(32-4)20(27)9-29)33-24(34-25(14)35-11-15(8-28)21(12-35)31-3)18-7-17(5-6-19(18)26)37-13-16(36)10-30-2/h5-9,16,30,36H,10-13,28-29H2,1-4H3/t16-/m1/s1. The summed E-state index contributed by atoms with van der Waals surface area (Å²) in [5.74, 6) is 1.53. The molecule has 10 nitrogen and oxygen atoms in total. The molecule has 12 heteroatoms. The highest BCUT2D eigenvalue weighted by Crippen LogP contribution is 2.34. The Morgan fingerprint density at radius 3 is 2.65 bits per heavy atom. The largest absolute Gasteiger partial charge is 0.491 e. The fraction of sp³-hybridized carbons (Fsp3) is 0.360. The highest BCUT2D eigenvalue weighted by molar-refractivity contribution is 6.46. The smallest absolute Gasteiger partial charge is 0.163 e. The first-order valence-corrected chi connectivity index (χ1v) is 12.3. The topological polar surface area (TPSA) is 147 Å². The number of ether oxygens (including phenoxy) is 1. The van der Waals surface area contributed by atoms with Gasteiger partial charge in [-0.2, -0.15) is 0 Å². The number of nitrogens with zero attached hydrogens (tertiary/aromatic N) is 5. The van der Waals surface area contributed by atoms with Gasteiger partial charge in [0.05, 0.1) is 28.0 Å². The van der Waals surface area contributed by atoms with E-state index < -0.39 is 6.10 Å². The summed E-state index contributed by atoms with van der Waals surface area (Å²) in [6, 6.07) is 5.17. The van der Waals surface area contributed by atoms with Crippen molar-refractivity contribution in [3.8, 4) is 17.1 Å². The maximum atomic E-state index is 10.0. The van der Waals surface area contributed by atoms with Gasteiger partial charge in [-0.3, -0.25) is 9.98 Å². The van der Waals surface area contributed by atoms with Crippen molar-refractivity contribution in [3.05, 3.63) is 57.5 Å². The number of benzene rings is 1. The molecule has 1 fully saturated rings. The molecule has 0 amide bonds. The van der Waals surface area contributed by atoms with Crippen LogP contribution in [-0.2, 0) is 0 Å². The number of likely N-dealkylation sites (N-methyl/N-ethyl adjacent to an activating group) is 1. The Balaban J connectivity index is 2.16. The van der Waals surface area contributed by atoms with Crippen molar-refractivity contribution in [2.75, 3.05) is 52.3 Å². The summed E-state index contributed by atoms with van der Waals surface area (Å²) >= 11 is 13.0. The van der Waals surface area contributed by atoms with Gasteiger partial charge in [0.2, 0.25) is 0 Å². The van der Waals surface area contributed by atoms with E-state index in [0.29, 0.717) is 59.0 Å². The van der Waals surface area contributed by atoms with Gasteiger partial charge in [0.15, 0.2) is 5.82 Å². The molecule has 1 aliphatic heterocycles. The summed E-state index contributed by atoms with van der Waals surface area (Å²) in [5, 5.41) is 13.6. The number of aliphatic imine (C=N–C) groups is 2. The van der Waals surface area contributed by atoms with E-state index in [0.717, 1.165) is 16.8 Å². The Morgan fingerprint density at radius 1 is 1.30 bits per heavy atom. The lowest BCUT2D eigenvalue weighted by Crippen LogP contribution is -2.29. The molecule has 1 atom stereocenters. The molecule has 1 aromatic carbocycles. The van der Waals surface area contributed by atoms with Gasteiger partial charge in [-0.25, -0.2) is 9.97 Å². The zero-order valence-electron chi connectivity index (χ0n) is 21.3. The zero-order valence-corrected chi connectivity index (χ0v) is 22.8. The minimum Gasteiger partial charge on any atom is -0.491 e. The number of rotatable bonds is 9. The van der Waals surface area contributed by atoms with Gasteiger partial charge in [0.1, 0.15) is 30.0 Å². The predicted molar refractivity (Wildman–Crippen MR) is 151 cm³/mol. The molecule has 1 aliphatic rings. The fourth-order valence-electron chi connectivity index (χ4n) is 3.97. The van der Waals surface area contributed by atoms with Gasteiger partial charge in [-0.1, -0.05) is 23.2 Å². The van der Waals surface area contributed by atoms with Gasteiger partial charge < -0.3 is 31.5 Å². The van der Waals surface area contributed by atoms with Crippen LogP contribution in [0.2, 0.25) is 5.02 Å². The average molecular weight is 547 g/mol. The van der Waals surface area contributed by atoms with Crippen LogP contribution in [0.1, 0.15) is 11.3 Å². The van der Waals surface area contributed by atoms with E-state index in [1.165, 1.54) is 6.20 Å². The van der Waals surface area contributed by atoms with Crippen molar-refractivity contribution in [2.45, 2.75) is 13.0 Å². The molecule has 0 aliphatic carbocycles. The van der Waals surface area contributed by atoms with Crippen LogP contribution in [0.3, 0.4) is 0 Å². The Bertz CT molecular complexity index is 1240. The Morgan fingerprint density at radius 2 is 2.05 bits per heavy atom. The number of aromatic nitrogens is 2. The van der Waals surface area contributed by atoms with Gasteiger partial charge >= 0.3 is 0 Å².